The van der Waals surface area contributed by atoms with Crippen molar-refractivity contribution in [1.82, 2.24) is 64.6 Å². The van der Waals surface area contributed by atoms with Crippen LogP contribution in [0.2, 0.25) is 0 Å². The van der Waals surface area contributed by atoms with Gasteiger partial charge in [0.2, 0.25) is 5.91 Å². The second kappa shape index (κ2) is 20.0. The van der Waals surface area contributed by atoms with Gasteiger partial charge in [0.05, 0.1) is 23.4 Å². The number of nitrogens with one attached hydrogen (secondary N) is 4. The number of benzene rings is 3. The molecule has 7 aromatic heterocycles. The maximum Gasteiger partial charge on any atom is 0.419 e. The van der Waals surface area contributed by atoms with Crippen LogP contribution < -0.4 is 38.5 Å². The number of primary amides is 1. The van der Waals surface area contributed by atoms with E-state index < -0.39 is 52.7 Å². The Labute approximate surface area is 407 Å². The van der Waals surface area contributed by atoms with Crippen molar-refractivity contribution in [2.75, 3.05) is 0 Å². The molecule has 0 unspecified atom stereocenters. The van der Waals surface area contributed by atoms with E-state index in [1.54, 1.807) is 87.2 Å². The fourth-order valence-electron chi connectivity index (χ4n) is 7.37. The molecule has 368 valence electrons. The van der Waals surface area contributed by atoms with E-state index in [9.17, 15) is 42.3 Å². The predicted molar refractivity (Wildman–Crippen MR) is 253 cm³/mol. The molecule has 0 aliphatic rings. The van der Waals surface area contributed by atoms with Gasteiger partial charge in [0.1, 0.15) is 22.8 Å². The Bertz CT molecular complexity index is 3930. The summed E-state index contributed by atoms with van der Waals surface area (Å²) in [6.45, 7) is 0.448. The third-order valence-electron chi connectivity index (χ3n) is 11.3. The minimum atomic E-state index is -0.804. The number of carbonyl (C=O) groups excluding carboxylic acids is 5. The Morgan fingerprint density at radius 3 is 1.45 bits per heavy atom. The summed E-state index contributed by atoms with van der Waals surface area (Å²) >= 11 is 0. The number of halogens is 2. The van der Waals surface area contributed by atoms with Crippen LogP contribution in [0.5, 0.6) is 0 Å². The van der Waals surface area contributed by atoms with E-state index in [-0.39, 0.29) is 60.2 Å². The van der Waals surface area contributed by atoms with Gasteiger partial charge in [-0.3, -0.25) is 38.1 Å². The number of rotatable bonds is 13. The molecule has 0 bridgehead atoms. The number of amides is 5. The summed E-state index contributed by atoms with van der Waals surface area (Å²) in [6, 6.07) is 22.4. The highest BCUT2D eigenvalue weighted by Gasteiger charge is 2.22. The molecule has 3 aromatic carbocycles. The van der Waals surface area contributed by atoms with Crippen molar-refractivity contribution in [2.24, 2.45) is 19.8 Å². The number of fused-ring (bicyclic) bond motifs is 4. The monoisotopic (exact) mass is 992 g/mol. The van der Waals surface area contributed by atoms with Crippen LogP contribution in [0.15, 0.2) is 128 Å². The fraction of sp³-hybridized carbons (Fsp3) is 0.125. The van der Waals surface area contributed by atoms with Crippen LogP contribution in [0.25, 0.3) is 33.5 Å². The molecule has 6 N–H and O–H groups in total. The normalized spacial score (nSPS) is 11.1. The molecular formula is C48H38F2N14O9. The first kappa shape index (κ1) is 47.8. The number of oxazole rings is 2. The van der Waals surface area contributed by atoms with E-state index >= 15 is 0 Å². The molecule has 73 heavy (non-hydrogen) atoms. The second-order valence-corrected chi connectivity index (χ2v) is 16.1. The van der Waals surface area contributed by atoms with Crippen molar-refractivity contribution in [2.45, 2.75) is 26.2 Å². The Hall–Kier alpha value is -10.2. The topological polar surface area (TPSA) is 303 Å². The highest BCUT2D eigenvalue weighted by molar-refractivity contribution is 5.99. The molecule has 0 fully saturated rings. The summed E-state index contributed by atoms with van der Waals surface area (Å²) in [5.41, 5.74) is 9.34. The van der Waals surface area contributed by atoms with Crippen LogP contribution in [-0.4, -0.2) is 72.9 Å². The molecule has 0 radical (unpaired) electrons. The summed E-state index contributed by atoms with van der Waals surface area (Å²) in [7, 11) is 3.15. The number of pyridine rings is 1. The lowest BCUT2D eigenvalue weighted by atomic mass is 10.1. The quantitative estimate of drug-likeness (QED) is 0.111. The van der Waals surface area contributed by atoms with Crippen LogP contribution >= 0.6 is 0 Å². The molecule has 0 saturated heterocycles. The highest BCUT2D eigenvalue weighted by atomic mass is 19.1. The minimum Gasteiger partial charge on any atom is -0.408 e. The first-order chi connectivity index (χ1) is 35.1. The van der Waals surface area contributed by atoms with Gasteiger partial charge >= 0.3 is 11.5 Å². The number of aryl methyl sites for hydroxylation is 2. The molecule has 0 atom stereocenters. The lowest BCUT2D eigenvalue weighted by molar-refractivity contribution is 0.0927. The SMILES string of the molecule is Cn1c(=O)oc2ccc(CNC(=O)c3cc(C(=O)NCc4ccc(C(N)=O)cc4)n4ncc(F)c4n3)cc21.Cn1c(=O)oc2ccc(CNC(=O)c3cc(C(=O)NCc4cccnc4)n4ncc(F)c4n3)cc21. The first-order valence-corrected chi connectivity index (χ1v) is 21.8. The molecule has 0 saturated carbocycles. The van der Waals surface area contributed by atoms with Crippen molar-refractivity contribution in [3.8, 4) is 0 Å². The zero-order valence-corrected chi connectivity index (χ0v) is 38.3. The Balaban J connectivity index is 0.000000180. The van der Waals surface area contributed by atoms with Crippen molar-refractivity contribution in [3.05, 3.63) is 193 Å². The molecule has 7 heterocycles. The van der Waals surface area contributed by atoms with Crippen molar-refractivity contribution in [1.29, 1.82) is 0 Å². The average molecular weight is 993 g/mol. The van der Waals surface area contributed by atoms with E-state index in [1.807, 2.05) is 0 Å². The van der Waals surface area contributed by atoms with E-state index in [1.165, 1.54) is 33.4 Å². The molecule has 0 aliphatic heterocycles. The van der Waals surface area contributed by atoms with Gasteiger partial charge in [0.25, 0.3) is 23.6 Å². The summed E-state index contributed by atoms with van der Waals surface area (Å²) in [5, 5.41) is 18.5. The third-order valence-corrected chi connectivity index (χ3v) is 11.3. The standard InChI is InChI=1S/C25H20FN7O5.C23H18FN7O4/c1-32-18-8-14(4-7-20(18)38-25(32)37)11-28-23(35)17-9-19(33-22(31-17)16(26)12-30-33)24(36)29-10-13-2-5-15(6-3-13)21(27)34;1-30-17-7-13(4-5-19(17)35-23(30)34)10-26-21(32)16-8-18(31-20(29-16)15(24)12-28-31)22(33)27-11-14-3-2-6-25-9-14/h2-9,12H,10-11H2,1H3,(H2,27,34)(H,28,35)(H,29,36);2-9,12H,10-11H2,1H3,(H,26,32)(H,27,33). The summed E-state index contributed by atoms with van der Waals surface area (Å²) in [4.78, 5) is 98.2. The van der Waals surface area contributed by atoms with E-state index in [2.05, 4.69) is 46.4 Å². The zero-order chi connectivity index (χ0) is 51.5. The summed E-state index contributed by atoms with van der Waals surface area (Å²) in [6.07, 6.45) is 5.04. The van der Waals surface area contributed by atoms with Crippen LogP contribution in [0, 0.1) is 11.6 Å². The van der Waals surface area contributed by atoms with Gasteiger partial charge in [-0.1, -0.05) is 30.3 Å². The predicted octanol–water partition coefficient (Wildman–Crippen LogP) is 2.84. The number of aromatic nitrogens is 9. The Kier molecular flexibility index (Phi) is 13.1. The lowest BCUT2D eigenvalue weighted by Gasteiger charge is -2.10. The van der Waals surface area contributed by atoms with Gasteiger partial charge in [-0.25, -0.2) is 37.4 Å². The van der Waals surface area contributed by atoms with Crippen molar-refractivity contribution >= 4 is 63.0 Å². The Morgan fingerprint density at radius 2 is 1.00 bits per heavy atom. The largest absolute Gasteiger partial charge is 0.419 e. The van der Waals surface area contributed by atoms with Gasteiger partial charge in [0.15, 0.2) is 34.1 Å². The van der Waals surface area contributed by atoms with Gasteiger partial charge in [-0.2, -0.15) is 10.2 Å². The van der Waals surface area contributed by atoms with Crippen LogP contribution in [0.4, 0.5) is 8.78 Å². The van der Waals surface area contributed by atoms with Crippen LogP contribution in [0.1, 0.15) is 74.6 Å². The molecule has 5 amide bonds. The van der Waals surface area contributed by atoms with Crippen LogP contribution in [-0.2, 0) is 40.3 Å². The molecule has 23 nitrogen and oxygen atoms in total. The smallest absolute Gasteiger partial charge is 0.408 e. The fourth-order valence-corrected chi connectivity index (χ4v) is 7.37. The van der Waals surface area contributed by atoms with Crippen LogP contribution in [0.3, 0.4) is 0 Å². The summed E-state index contributed by atoms with van der Waals surface area (Å²) < 4.78 is 43.6. The maximum atomic E-state index is 14.3. The molecular weight excluding hydrogens is 955 g/mol. The zero-order valence-electron chi connectivity index (χ0n) is 38.3. The summed E-state index contributed by atoms with van der Waals surface area (Å²) in [5.74, 6) is -5.59. The van der Waals surface area contributed by atoms with E-state index in [4.69, 9.17) is 14.6 Å². The Morgan fingerprint density at radius 1 is 0.562 bits per heavy atom. The van der Waals surface area contributed by atoms with Gasteiger partial charge in [-0.15, -0.1) is 0 Å². The van der Waals surface area contributed by atoms with Gasteiger partial charge in [0, 0.05) is 70.4 Å². The first-order valence-electron chi connectivity index (χ1n) is 21.8. The van der Waals surface area contributed by atoms with Crippen molar-refractivity contribution in [3.63, 3.8) is 0 Å². The van der Waals surface area contributed by atoms with E-state index in [0.29, 0.717) is 44.5 Å². The number of hydrogen-bond donors (Lipinski definition) is 5. The third kappa shape index (κ3) is 10.1. The maximum absolute atomic E-state index is 14.3. The highest BCUT2D eigenvalue weighted by Crippen LogP contribution is 2.18. The molecule has 10 rings (SSSR count). The number of nitrogens with two attached hydrogens (primary N) is 1. The average Bonchev–Trinajstić information content (AvgIpc) is 4.14. The van der Waals surface area contributed by atoms with Gasteiger partial charge in [-0.05, 0) is 64.7 Å². The number of hydrogen-bond acceptors (Lipinski definition) is 14. The van der Waals surface area contributed by atoms with E-state index in [0.717, 1.165) is 27.0 Å². The molecule has 25 heteroatoms. The minimum absolute atomic E-state index is 0.0530. The molecule has 0 spiro atoms. The van der Waals surface area contributed by atoms with Gasteiger partial charge < -0.3 is 35.8 Å². The molecule has 0 aliphatic carbocycles. The number of nitrogens with zero attached hydrogens (tertiary/aromatic N) is 9. The second-order valence-electron chi connectivity index (χ2n) is 16.1. The van der Waals surface area contributed by atoms with Crippen molar-refractivity contribution < 1.29 is 41.6 Å². The molecule has 10 aromatic rings. The lowest BCUT2D eigenvalue weighted by Crippen LogP contribution is -2.28. The number of carbonyl (C=O) groups is 5.